The minimum Gasteiger partial charge on any atom is -0.507 e. The van der Waals surface area contributed by atoms with Gasteiger partial charge in [-0.3, -0.25) is 9.79 Å². The lowest BCUT2D eigenvalue weighted by Crippen LogP contribution is -2.33. The van der Waals surface area contributed by atoms with E-state index in [4.69, 9.17) is 5.11 Å². The standard InChI is InChI=1S/C20H23NO4/c1-13(19(24)25)21-15-11-20(2,3)12-17(23)18(15)16(22)10-9-14-7-5-4-6-8-14/h4-10,13,22H,11-12H2,1-3H3,(H,24,25)/b10-9+,18-16+,21-15?. The summed E-state index contributed by atoms with van der Waals surface area (Å²) in [5.41, 5.74) is 1.04. The number of ketones is 1. The lowest BCUT2D eigenvalue weighted by molar-refractivity contribution is -0.138. The van der Waals surface area contributed by atoms with E-state index in [0.717, 1.165) is 5.56 Å². The van der Waals surface area contributed by atoms with Gasteiger partial charge >= 0.3 is 5.97 Å². The van der Waals surface area contributed by atoms with Gasteiger partial charge in [0.15, 0.2) is 5.78 Å². The molecule has 0 radical (unpaired) electrons. The summed E-state index contributed by atoms with van der Waals surface area (Å²) < 4.78 is 0. The van der Waals surface area contributed by atoms with Gasteiger partial charge in [0, 0.05) is 6.42 Å². The molecule has 5 nitrogen and oxygen atoms in total. The van der Waals surface area contributed by atoms with Crippen molar-refractivity contribution in [2.24, 2.45) is 10.4 Å². The molecule has 0 aromatic heterocycles. The van der Waals surface area contributed by atoms with Crippen LogP contribution in [-0.2, 0) is 9.59 Å². The summed E-state index contributed by atoms with van der Waals surface area (Å²) in [6.07, 6.45) is 3.89. The molecule has 1 aliphatic rings. The smallest absolute Gasteiger partial charge is 0.328 e. The van der Waals surface area contributed by atoms with Gasteiger partial charge in [-0.25, -0.2) is 4.79 Å². The van der Waals surface area contributed by atoms with Gasteiger partial charge in [-0.2, -0.15) is 0 Å². The number of allylic oxidation sites excluding steroid dienone is 2. The summed E-state index contributed by atoms with van der Waals surface area (Å²) in [6.45, 7) is 5.31. The number of carboxylic acid groups (broad SMARTS) is 1. The van der Waals surface area contributed by atoms with Crippen molar-refractivity contribution in [2.45, 2.75) is 39.7 Å². The van der Waals surface area contributed by atoms with Crippen molar-refractivity contribution >= 4 is 23.5 Å². The number of carbonyl (C=O) groups is 2. The molecule has 1 atom stereocenters. The molecule has 0 heterocycles. The lowest BCUT2D eigenvalue weighted by Gasteiger charge is -2.31. The monoisotopic (exact) mass is 341 g/mol. The van der Waals surface area contributed by atoms with Gasteiger partial charge in [0.05, 0.1) is 11.3 Å². The number of carbonyl (C=O) groups excluding carboxylic acids is 1. The SMILES string of the molecule is CC(N=C1CC(C)(C)CC(=O)/C1=C(O)\C=C\c1ccccc1)C(=O)O. The Labute approximate surface area is 147 Å². The van der Waals surface area contributed by atoms with E-state index in [1.54, 1.807) is 6.08 Å². The predicted molar refractivity (Wildman–Crippen MR) is 97.7 cm³/mol. The molecule has 5 heteroatoms. The average molecular weight is 341 g/mol. The molecule has 0 saturated heterocycles. The maximum atomic E-state index is 12.5. The topological polar surface area (TPSA) is 87.0 Å². The van der Waals surface area contributed by atoms with Crippen LogP contribution in [0.1, 0.15) is 39.2 Å². The molecule has 1 aromatic rings. The maximum absolute atomic E-state index is 12.5. The summed E-state index contributed by atoms with van der Waals surface area (Å²) in [6, 6.07) is 8.42. The van der Waals surface area contributed by atoms with Gasteiger partial charge < -0.3 is 10.2 Å². The zero-order valence-electron chi connectivity index (χ0n) is 14.7. The highest BCUT2D eigenvalue weighted by atomic mass is 16.4. The normalized spacial score (nSPS) is 22.2. The highest BCUT2D eigenvalue weighted by Crippen LogP contribution is 2.35. The van der Waals surface area contributed by atoms with Crippen LogP contribution in [0.15, 0.2) is 52.7 Å². The first kappa shape index (κ1) is 18.6. The fourth-order valence-electron chi connectivity index (χ4n) is 2.80. The molecule has 1 fully saturated rings. The van der Waals surface area contributed by atoms with E-state index in [-0.39, 0.29) is 29.0 Å². The Balaban J connectivity index is 2.43. The molecule has 25 heavy (non-hydrogen) atoms. The molecular weight excluding hydrogens is 318 g/mol. The highest BCUT2D eigenvalue weighted by molar-refractivity contribution is 6.25. The van der Waals surface area contributed by atoms with Crippen LogP contribution in [0.3, 0.4) is 0 Å². The van der Waals surface area contributed by atoms with Crippen molar-refractivity contribution in [1.82, 2.24) is 0 Å². The Morgan fingerprint density at radius 3 is 2.44 bits per heavy atom. The molecular formula is C20H23NO4. The van der Waals surface area contributed by atoms with E-state index in [9.17, 15) is 14.7 Å². The second-order valence-corrected chi connectivity index (χ2v) is 7.04. The van der Waals surface area contributed by atoms with Crippen LogP contribution in [0, 0.1) is 5.41 Å². The number of hydrogen-bond acceptors (Lipinski definition) is 4. The number of aliphatic hydroxyl groups is 1. The molecule has 1 aromatic carbocycles. The third kappa shape index (κ3) is 4.89. The zero-order valence-corrected chi connectivity index (χ0v) is 14.7. The minimum atomic E-state index is -1.07. The Kier molecular flexibility index (Phi) is 5.57. The maximum Gasteiger partial charge on any atom is 0.328 e. The number of Topliss-reactive ketones (excluding diaryl/α,β-unsaturated/α-hetero) is 1. The molecule has 2 N–H and O–H groups in total. The Hall–Kier alpha value is -2.69. The van der Waals surface area contributed by atoms with Gasteiger partial charge in [0.2, 0.25) is 0 Å². The Morgan fingerprint density at radius 2 is 1.84 bits per heavy atom. The number of aliphatic imine (C=N–C) groups is 1. The van der Waals surface area contributed by atoms with E-state index in [1.165, 1.54) is 13.0 Å². The van der Waals surface area contributed by atoms with Crippen molar-refractivity contribution in [2.75, 3.05) is 0 Å². The number of hydrogen-bond donors (Lipinski definition) is 2. The van der Waals surface area contributed by atoms with E-state index < -0.39 is 12.0 Å². The van der Waals surface area contributed by atoms with Crippen LogP contribution in [0.25, 0.3) is 6.08 Å². The predicted octanol–water partition coefficient (Wildman–Crippen LogP) is 3.82. The van der Waals surface area contributed by atoms with Gasteiger partial charge in [-0.05, 0) is 30.4 Å². The summed E-state index contributed by atoms with van der Waals surface area (Å²) >= 11 is 0. The van der Waals surface area contributed by atoms with E-state index in [2.05, 4.69) is 4.99 Å². The van der Waals surface area contributed by atoms with Crippen LogP contribution in [-0.4, -0.2) is 33.7 Å². The van der Waals surface area contributed by atoms with Crippen molar-refractivity contribution in [3.8, 4) is 0 Å². The molecule has 0 amide bonds. The third-order valence-corrected chi connectivity index (χ3v) is 4.05. The largest absolute Gasteiger partial charge is 0.507 e. The summed E-state index contributed by atoms with van der Waals surface area (Å²) in [5.74, 6) is -1.47. The minimum absolute atomic E-state index is 0.125. The molecule has 0 bridgehead atoms. The first-order valence-electron chi connectivity index (χ1n) is 8.19. The van der Waals surface area contributed by atoms with Crippen LogP contribution < -0.4 is 0 Å². The fraction of sp³-hybridized carbons (Fsp3) is 0.350. The second kappa shape index (κ2) is 7.47. The third-order valence-electron chi connectivity index (χ3n) is 4.05. The summed E-state index contributed by atoms with van der Waals surface area (Å²) in [5, 5.41) is 19.5. The summed E-state index contributed by atoms with van der Waals surface area (Å²) in [4.78, 5) is 27.8. The molecule has 132 valence electrons. The first-order valence-corrected chi connectivity index (χ1v) is 8.19. The van der Waals surface area contributed by atoms with Gasteiger partial charge in [0.1, 0.15) is 11.8 Å². The van der Waals surface area contributed by atoms with Crippen LogP contribution in [0.4, 0.5) is 0 Å². The second-order valence-electron chi connectivity index (χ2n) is 7.04. The fourth-order valence-corrected chi connectivity index (χ4v) is 2.80. The first-order chi connectivity index (χ1) is 11.7. The molecule has 2 rings (SSSR count). The summed E-state index contributed by atoms with van der Waals surface area (Å²) in [7, 11) is 0. The molecule has 1 aliphatic carbocycles. The lowest BCUT2D eigenvalue weighted by atomic mass is 9.73. The van der Waals surface area contributed by atoms with Gasteiger partial charge in [-0.15, -0.1) is 0 Å². The van der Waals surface area contributed by atoms with Crippen LogP contribution in [0.2, 0.25) is 0 Å². The average Bonchev–Trinajstić information content (AvgIpc) is 2.52. The van der Waals surface area contributed by atoms with Crippen LogP contribution in [0.5, 0.6) is 0 Å². The number of benzene rings is 1. The highest BCUT2D eigenvalue weighted by Gasteiger charge is 2.36. The Morgan fingerprint density at radius 1 is 1.20 bits per heavy atom. The zero-order chi connectivity index (χ0) is 18.6. The molecule has 1 saturated carbocycles. The van der Waals surface area contributed by atoms with Crippen molar-refractivity contribution < 1.29 is 19.8 Å². The molecule has 1 unspecified atom stereocenters. The van der Waals surface area contributed by atoms with Gasteiger partial charge in [-0.1, -0.05) is 50.3 Å². The Bertz CT molecular complexity index is 757. The van der Waals surface area contributed by atoms with Crippen molar-refractivity contribution in [3.63, 3.8) is 0 Å². The number of nitrogens with zero attached hydrogens (tertiary/aromatic N) is 1. The number of aliphatic carboxylic acids is 1. The number of aliphatic hydroxyl groups excluding tert-OH is 1. The molecule has 0 aliphatic heterocycles. The van der Waals surface area contributed by atoms with E-state index >= 15 is 0 Å². The number of rotatable bonds is 4. The van der Waals surface area contributed by atoms with E-state index in [0.29, 0.717) is 12.1 Å². The molecule has 0 spiro atoms. The van der Waals surface area contributed by atoms with Crippen molar-refractivity contribution in [3.05, 3.63) is 53.3 Å². The quantitative estimate of drug-likeness (QED) is 0.644. The van der Waals surface area contributed by atoms with Crippen molar-refractivity contribution in [1.29, 1.82) is 0 Å². The van der Waals surface area contributed by atoms with E-state index in [1.807, 2.05) is 44.2 Å². The van der Waals surface area contributed by atoms with Crippen LogP contribution >= 0.6 is 0 Å². The number of carboxylic acids is 1. The van der Waals surface area contributed by atoms with Gasteiger partial charge in [0.25, 0.3) is 0 Å².